The number of aliphatic hydroxyl groups excluding tert-OH is 1. The average Bonchev–Trinajstić information content (AvgIpc) is 2.84. The fraction of sp³-hybridized carbons (Fsp3) is 0.500. The summed E-state index contributed by atoms with van der Waals surface area (Å²) in [4.78, 5) is 2.16. The maximum Gasteiger partial charge on any atom is 0.134 e. The highest BCUT2D eigenvalue weighted by Crippen LogP contribution is 2.32. The summed E-state index contributed by atoms with van der Waals surface area (Å²) < 4.78 is 5.47. The second kappa shape index (κ2) is 7.11. The van der Waals surface area contributed by atoms with E-state index in [2.05, 4.69) is 44.1 Å². The van der Waals surface area contributed by atoms with E-state index in [1.165, 1.54) is 5.56 Å². The zero-order chi connectivity index (χ0) is 14.0. The van der Waals surface area contributed by atoms with Gasteiger partial charge in [-0.05, 0) is 38.2 Å². The summed E-state index contributed by atoms with van der Waals surface area (Å²) in [6, 6.07) is 8.44. The molecule has 0 saturated heterocycles. The molecule has 1 aromatic heterocycles. The molecule has 1 aromatic carbocycles. The fourth-order valence-electron chi connectivity index (χ4n) is 2.81. The van der Waals surface area contributed by atoms with Gasteiger partial charge in [0, 0.05) is 17.3 Å². The van der Waals surface area contributed by atoms with E-state index >= 15 is 0 Å². The van der Waals surface area contributed by atoms with Gasteiger partial charge in [0.25, 0.3) is 0 Å². The molecule has 0 bridgehead atoms. The molecule has 0 aliphatic carbocycles. The lowest BCUT2D eigenvalue weighted by Crippen LogP contribution is -2.32. The van der Waals surface area contributed by atoms with Gasteiger partial charge in [-0.1, -0.05) is 26.0 Å². The molecule has 20 heavy (non-hydrogen) atoms. The van der Waals surface area contributed by atoms with E-state index < -0.39 is 0 Å². The number of hydrogen-bond acceptors (Lipinski definition) is 3. The Bertz CT molecular complexity index is 538. The van der Waals surface area contributed by atoms with Crippen molar-refractivity contribution in [3.05, 3.63) is 36.1 Å². The van der Waals surface area contributed by atoms with Crippen LogP contribution >= 0.6 is 12.4 Å². The molecule has 3 nitrogen and oxygen atoms in total. The van der Waals surface area contributed by atoms with E-state index in [4.69, 9.17) is 4.42 Å². The van der Waals surface area contributed by atoms with Crippen LogP contribution < -0.4 is 0 Å². The van der Waals surface area contributed by atoms with Gasteiger partial charge in [0.2, 0.25) is 0 Å². The second-order valence-electron chi connectivity index (χ2n) is 5.46. The van der Waals surface area contributed by atoms with Crippen molar-refractivity contribution in [3.8, 4) is 0 Å². The Kier molecular flexibility index (Phi) is 6.06. The maximum absolute atomic E-state index is 10.1. The summed E-state index contributed by atoms with van der Waals surface area (Å²) in [5.74, 6) is 0.174. The van der Waals surface area contributed by atoms with Crippen LogP contribution in [0.3, 0.4) is 0 Å². The number of furan rings is 1. The van der Waals surface area contributed by atoms with Gasteiger partial charge in [0.05, 0.1) is 12.4 Å². The highest BCUT2D eigenvalue weighted by Gasteiger charge is 2.26. The third-order valence-electron chi connectivity index (χ3n) is 3.90. The van der Waals surface area contributed by atoms with Crippen LogP contribution in [0.1, 0.15) is 31.9 Å². The van der Waals surface area contributed by atoms with Crippen LogP contribution in [0.15, 0.2) is 34.9 Å². The van der Waals surface area contributed by atoms with E-state index in [-0.39, 0.29) is 30.5 Å². The normalized spacial score (nSPS) is 15.9. The standard InChI is InChI=1S/C16H23NO2.ClH/c1-5-14(18)11(2)16(17(3)4)13-7-6-12-8-9-19-15(12)10-13;/h6-11,14,16,18H,5H2,1-4H3;1H. The van der Waals surface area contributed by atoms with Gasteiger partial charge in [-0.25, -0.2) is 0 Å². The third-order valence-corrected chi connectivity index (χ3v) is 3.90. The van der Waals surface area contributed by atoms with Crippen molar-refractivity contribution < 1.29 is 9.52 Å². The first kappa shape index (κ1) is 17.0. The van der Waals surface area contributed by atoms with Gasteiger partial charge in [-0.2, -0.15) is 0 Å². The van der Waals surface area contributed by atoms with Crippen molar-refractivity contribution in [2.24, 2.45) is 5.92 Å². The second-order valence-corrected chi connectivity index (χ2v) is 5.46. The van der Waals surface area contributed by atoms with Gasteiger partial charge in [0.15, 0.2) is 0 Å². The zero-order valence-electron chi connectivity index (χ0n) is 12.5. The molecule has 0 aliphatic rings. The summed E-state index contributed by atoms with van der Waals surface area (Å²) in [5.41, 5.74) is 2.09. The molecule has 1 heterocycles. The van der Waals surface area contributed by atoms with Gasteiger partial charge in [-0.3, -0.25) is 0 Å². The van der Waals surface area contributed by atoms with Crippen molar-refractivity contribution >= 4 is 23.4 Å². The van der Waals surface area contributed by atoms with E-state index in [1.54, 1.807) is 6.26 Å². The number of aliphatic hydroxyl groups is 1. The predicted octanol–water partition coefficient (Wildman–Crippen LogP) is 3.86. The Morgan fingerprint density at radius 2 is 1.95 bits per heavy atom. The van der Waals surface area contributed by atoms with E-state index in [0.717, 1.165) is 17.4 Å². The lowest BCUT2D eigenvalue weighted by molar-refractivity contribution is 0.0607. The largest absolute Gasteiger partial charge is 0.464 e. The Morgan fingerprint density at radius 1 is 1.25 bits per heavy atom. The highest BCUT2D eigenvalue weighted by atomic mass is 35.5. The number of nitrogens with zero attached hydrogens (tertiary/aromatic N) is 1. The van der Waals surface area contributed by atoms with Crippen LogP contribution in [-0.2, 0) is 0 Å². The molecule has 3 atom stereocenters. The van der Waals surface area contributed by atoms with Crippen molar-refractivity contribution in [2.45, 2.75) is 32.4 Å². The highest BCUT2D eigenvalue weighted by molar-refractivity contribution is 5.85. The summed E-state index contributed by atoms with van der Waals surface area (Å²) in [5, 5.41) is 11.2. The average molecular weight is 298 g/mol. The Labute approximate surface area is 127 Å². The minimum atomic E-state index is -0.292. The minimum absolute atomic E-state index is 0. The summed E-state index contributed by atoms with van der Waals surface area (Å²) in [6.07, 6.45) is 2.19. The lowest BCUT2D eigenvalue weighted by Gasteiger charge is -2.33. The van der Waals surface area contributed by atoms with E-state index in [9.17, 15) is 5.11 Å². The molecule has 0 fully saturated rings. The lowest BCUT2D eigenvalue weighted by atomic mass is 9.88. The minimum Gasteiger partial charge on any atom is -0.464 e. The van der Waals surface area contributed by atoms with Crippen LogP contribution in [-0.4, -0.2) is 30.2 Å². The molecular formula is C16H24ClNO2. The Balaban J connectivity index is 0.00000200. The van der Waals surface area contributed by atoms with Gasteiger partial charge >= 0.3 is 0 Å². The van der Waals surface area contributed by atoms with Crippen molar-refractivity contribution in [1.82, 2.24) is 4.90 Å². The number of halogens is 1. The molecule has 2 rings (SSSR count). The number of benzene rings is 1. The third kappa shape index (κ3) is 3.35. The van der Waals surface area contributed by atoms with E-state index in [1.807, 2.05) is 13.0 Å². The van der Waals surface area contributed by atoms with Gasteiger partial charge < -0.3 is 14.4 Å². The molecule has 4 heteroatoms. The van der Waals surface area contributed by atoms with Crippen molar-refractivity contribution in [1.29, 1.82) is 0 Å². The predicted molar refractivity (Wildman–Crippen MR) is 85.4 cm³/mol. The first-order chi connectivity index (χ1) is 9.04. The molecule has 0 saturated carbocycles. The first-order valence-electron chi connectivity index (χ1n) is 6.86. The number of fused-ring (bicyclic) bond motifs is 1. The first-order valence-corrected chi connectivity index (χ1v) is 6.86. The molecule has 2 aromatic rings. The van der Waals surface area contributed by atoms with E-state index in [0.29, 0.717) is 0 Å². The smallest absolute Gasteiger partial charge is 0.134 e. The molecular weight excluding hydrogens is 274 g/mol. The van der Waals surface area contributed by atoms with Crippen LogP contribution in [0.25, 0.3) is 11.0 Å². The van der Waals surface area contributed by atoms with Crippen LogP contribution in [0.2, 0.25) is 0 Å². The molecule has 112 valence electrons. The summed E-state index contributed by atoms with van der Waals surface area (Å²) in [6.45, 7) is 4.12. The fourth-order valence-corrected chi connectivity index (χ4v) is 2.81. The van der Waals surface area contributed by atoms with Gasteiger partial charge in [-0.15, -0.1) is 12.4 Å². The van der Waals surface area contributed by atoms with Crippen molar-refractivity contribution in [2.75, 3.05) is 14.1 Å². The Hall–Kier alpha value is -1.03. The Morgan fingerprint density at radius 3 is 2.55 bits per heavy atom. The van der Waals surface area contributed by atoms with Crippen LogP contribution in [0, 0.1) is 5.92 Å². The summed E-state index contributed by atoms with van der Waals surface area (Å²) >= 11 is 0. The molecule has 0 radical (unpaired) electrons. The molecule has 3 unspecified atom stereocenters. The quantitative estimate of drug-likeness (QED) is 0.910. The van der Waals surface area contributed by atoms with Gasteiger partial charge in [0.1, 0.15) is 5.58 Å². The zero-order valence-corrected chi connectivity index (χ0v) is 13.4. The SMILES string of the molecule is CCC(O)C(C)C(c1ccc2ccoc2c1)N(C)C.Cl. The van der Waals surface area contributed by atoms with Crippen molar-refractivity contribution in [3.63, 3.8) is 0 Å². The monoisotopic (exact) mass is 297 g/mol. The molecule has 1 N–H and O–H groups in total. The summed E-state index contributed by atoms with van der Waals surface area (Å²) in [7, 11) is 4.10. The maximum atomic E-state index is 10.1. The molecule has 0 amide bonds. The molecule has 0 spiro atoms. The number of hydrogen-bond donors (Lipinski definition) is 1. The molecule has 0 aliphatic heterocycles. The van der Waals surface area contributed by atoms with Crippen LogP contribution in [0.5, 0.6) is 0 Å². The number of rotatable bonds is 5. The topological polar surface area (TPSA) is 36.6 Å². The van der Waals surface area contributed by atoms with Crippen LogP contribution in [0.4, 0.5) is 0 Å².